The van der Waals surface area contributed by atoms with Gasteiger partial charge in [0.05, 0.1) is 5.69 Å². The minimum atomic E-state index is 0.843. The summed E-state index contributed by atoms with van der Waals surface area (Å²) in [6.45, 7) is 5.76. The predicted octanol–water partition coefficient (Wildman–Crippen LogP) is 2.91. The van der Waals surface area contributed by atoms with Crippen molar-refractivity contribution in [1.29, 1.82) is 0 Å². The maximum Gasteiger partial charge on any atom is 0.0547 e. The molecule has 2 N–H and O–H groups in total. The van der Waals surface area contributed by atoms with E-state index in [-0.39, 0.29) is 0 Å². The lowest BCUT2D eigenvalue weighted by Gasteiger charge is -2.17. The fourth-order valence-corrected chi connectivity index (χ4v) is 2.12. The van der Waals surface area contributed by atoms with Crippen LogP contribution in [0.4, 0.5) is 5.69 Å². The van der Waals surface area contributed by atoms with E-state index in [0.717, 1.165) is 35.7 Å². The molecule has 2 rings (SSSR count). The minimum Gasteiger partial charge on any atom is -0.399 e. The monoisotopic (exact) mass is 255 g/mol. The second-order valence-corrected chi connectivity index (χ2v) is 5.13. The van der Waals surface area contributed by atoms with Crippen LogP contribution in [0.5, 0.6) is 0 Å². The van der Waals surface area contributed by atoms with E-state index in [1.165, 1.54) is 5.56 Å². The van der Waals surface area contributed by atoms with Crippen molar-refractivity contribution in [3.63, 3.8) is 0 Å². The molecule has 0 aliphatic rings. The van der Waals surface area contributed by atoms with E-state index in [4.69, 9.17) is 5.73 Å². The third kappa shape index (κ3) is 3.80. The molecule has 0 radical (unpaired) electrons. The van der Waals surface area contributed by atoms with E-state index in [1.807, 2.05) is 19.9 Å². The van der Waals surface area contributed by atoms with Crippen LogP contribution in [-0.2, 0) is 13.1 Å². The third-order valence-corrected chi connectivity index (χ3v) is 3.17. The number of anilines is 1. The van der Waals surface area contributed by atoms with Crippen LogP contribution >= 0.6 is 0 Å². The fraction of sp³-hybridized carbons (Fsp3) is 0.312. The number of nitrogens with zero attached hydrogens (tertiary/aromatic N) is 2. The number of hydrogen-bond donors (Lipinski definition) is 1. The van der Waals surface area contributed by atoms with Gasteiger partial charge in [-0.15, -0.1) is 0 Å². The maximum atomic E-state index is 5.94. The molecule has 0 atom stereocenters. The fourth-order valence-electron chi connectivity index (χ4n) is 2.12. The summed E-state index contributed by atoms with van der Waals surface area (Å²) in [5.74, 6) is 0. The number of aromatic nitrogens is 1. The van der Waals surface area contributed by atoms with Crippen LogP contribution < -0.4 is 5.73 Å². The van der Waals surface area contributed by atoms with Crippen molar-refractivity contribution in [3.8, 4) is 0 Å². The van der Waals surface area contributed by atoms with Crippen LogP contribution in [0.2, 0.25) is 0 Å². The van der Waals surface area contributed by atoms with Crippen molar-refractivity contribution in [2.75, 3.05) is 12.8 Å². The first kappa shape index (κ1) is 13.6. The largest absolute Gasteiger partial charge is 0.399 e. The molecular formula is C16H21N3. The van der Waals surface area contributed by atoms with Gasteiger partial charge in [0.25, 0.3) is 0 Å². The van der Waals surface area contributed by atoms with Crippen LogP contribution in [0, 0.1) is 13.8 Å². The molecule has 0 saturated heterocycles. The molecule has 3 heteroatoms. The smallest absolute Gasteiger partial charge is 0.0547 e. The van der Waals surface area contributed by atoms with Gasteiger partial charge in [-0.25, -0.2) is 0 Å². The number of nitrogen functional groups attached to an aromatic ring is 1. The first-order valence-corrected chi connectivity index (χ1v) is 6.50. The van der Waals surface area contributed by atoms with E-state index in [2.05, 4.69) is 47.3 Å². The van der Waals surface area contributed by atoms with Gasteiger partial charge in [-0.3, -0.25) is 9.88 Å². The van der Waals surface area contributed by atoms with Gasteiger partial charge in [0, 0.05) is 24.5 Å². The summed E-state index contributed by atoms with van der Waals surface area (Å²) < 4.78 is 0. The van der Waals surface area contributed by atoms with Crippen molar-refractivity contribution in [1.82, 2.24) is 9.88 Å². The molecular weight excluding hydrogens is 234 g/mol. The van der Waals surface area contributed by atoms with Gasteiger partial charge >= 0.3 is 0 Å². The number of benzene rings is 1. The number of aryl methyl sites for hydroxylation is 2. The number of pyridine rings is 1. The molecule has 0 amide bonds. The summed E-state index contributed by atoms with van der Waals surface area (Å²) >= 11 is 0. The van der Waals surface area contributed by atoms with E-state index in [1.54, 1.807) is 0 Å². The van der Waals surface area contributed by atoms with Crippen molar-refractivity contribution in [2.45, 2.75) is 26.9 Å². The van der Waals surface area contributed by atoms with Crippen molar-refractivity contribution < 1.29 is 0 Å². The Labute approximate surface area is 115 Å². The predicted molar refractivity (Wildman–Crippen MR) is 79.7 cm³/mol. The number of hydrogen-bond acceptors (Lipinski definition) is 3. The van der Waals surface area contributed by atoms with Crippen molar-refractivity contribution in [2.24, 2.45) is 0 Å². The summed E-state index contributed by atoms with van der Waals surface area (Å²) in [7, 11) is 2.10. The molecule has 1 heterocycles. The highest BCUT2D eigenvalue weighted by atomic mass is 15.1. The summed E-state index contributed by atoms with van der Waals surface area (Å²) in [4.78, 5) is 6.76. The molecule has 0 aliphatic carbocycles. The molecule has 0 aliphatic heterocycles. The molecule has 0 fully saturated rings. The summed E-state index contributed by atoms with van der Waals surface area (Å²) in [6, 6.07) is 12.4. The average molecular weight is 255 g/mol. The highest BCUT2D eigenvalue weighted by Gasteiger charge is 2.04. The van der Waals surface area contributed by atoms with Gasteiger partial charge in [0.2, 0.25) is 0 Å². The highest BCUT2D eigenvalue weighted by molar-refractivity contribution is 5.48. The Morgan fingerprint density at radius 3 is 2.58 bits per heavy atom. The maximum absolute atomic E-state index is 5.94. The Kier molecular flexibility index (Phi) is 4.17. The second kappa shape index (κ2) is 5.85. The number of rotatable bonds is 4. The third-order valence-electron chi connectivity index (χ3n) is 3.17. The van der Waals surface area contributed by atoms with Crippen LogP contribution in [0.15, 0.2) is 36.4 Å². The Balaban J connectivity index is 2.01. The van der Waals surface area contributed by atoms with Gasteiger partial charge in [0.15, 0.2) is 0 Å². The molecule has 3 nitrogen and oxygen atoms in total. The summed E-state index contributed by atoms with van der Waals surface area (Å²) in [5, 5.41) is 0. The lowest BCUT2D eigenvalue weighted by atomic mass is 10.1. The average Bonchev–Trinajstić information content (AvgIpc) is 2.34. The van der Waals surface area contributed by atoms with Crippen LogP contribution in [-0.4, -0.2) is 16.9 Å². The SMILES string of the molecule is Cc1cccc(CN(C)Cc2ccc(C)c(N)c2)n1. The topological polar surface area (TPSA) is 42.1 Å². The Morgan fingerprint density at radius 2 is 1.89 bits per heavy atom. The molecule has 1 aromatic carbocycles. The van der Waals surface area contributed by atoms with Crippen LogP contribution in [0.3, 0.4) is 0 Å². The summed E-state index contributed by atoms with van der Waals surface area (Å²) in [5.41, 5.74) is 11.3. The highest BCUT2D eigenvalue weighted by Crippen LogP contribution is 2.15. The molecule has 0 saturated carbocycles. The Hall–Kier alpha value is -1.87. The van der Waals surface area contributed by atoms with E-state index < -0.39 is 0 Å². The van der Waals surface area contributed by atoms with Gasteiger partial charge in [0.1, 0.15) is 0 Å². The number of nitrogens with two attached hydrogens (primary N) is 1. The molecule has 2 aromatic rings. The first-order valence-electron chi connectivity index (χ1n) is 6.50. The normalized spacial score (nSPS) is 10.9. The zero-order chi connectivity index (χ0) is 13.8. The molecule has 1 aromatic heterocycles. The van der Waals surface area contributed by atoms with E-state index in [9.17, 15) is 0 Å². The molecule has 100 valence electrons. The van der Waals surface area contributed by atoms with Crippen LogP contribution in [0.1, 0.15) is 22.5 Å². The van der Waals surface area contributed by atoms with E-state index >= 15 is 0 Å². The Morgan fingerprint density at radius 1 is 1.11 bits per heavy atom. The zero-order valence-corrected chi connectivity index (χ0v) is 11.9. The second-order valence-electron chi connectivity index (χ2n) is 5.13. The quantitative estimate of drug-likeness (QED) is 0.854. The van der Waals surface area contributed by atoms with Gasteiger partial charge in [-0.2, -0.15) is 0 Å². The first-order chi connectivity index (χ1) is 9.04. The molecule has 0 bridgehead atoms. The molecule has 0 unspecified atom stereocenters. The van der Waals surface area contributed by atoms with Gasteiger partial charge in [-0.05, 0) is 50.2 Å². The lowest BCUT2D eigenvalue weighted by Crippen LogP contribution is -2.18. The van der Waals surface area contributed by atoms with Gasteiger partial charge in [-0.1, -0.05) is 18.2 Å². The Bertz CT molecular complexity index is 564. The van der Waals surface area contributed by atoms with Crippen molar-refractivity contribution in [3.05, 3.63) is 58.9 Å². The van der Waals surface area contributed by atoms with Gasteiger partial charge < -0.3 is 5.73 Å². The minimum absolute atomic E-state index is 0.843. The van der Waals surface area contributed by atoms with Crippen LogP contribution in [0.25, 0.3) is 0 Å². The zero-order valence-electron chi connectivity index (χ0n) is 11.9. The van der Waals surface area contributed by atoms with Crippen molar-refractivity contribution >= 4 is 5.69 Å². The molecule has 19 heavy (non-hydrogen) atoms. The lowest BCUT2D eigenvalue weighted by molar-refractivity contribution is 0.315. The standard InChI is InChI=1S/C16H21N3/c1-12-7-8-14(9-16(12)17)10-19(3)11-15-6-4-5-13(2)18-15/h4-9H,10-11,17H2,1-3H3. The molecule has 0 spiro atoms. The van der Waals surface area contributed by atoms with E-state index in [0.29, 0.717) is 0 Å². The summed E-state index contributed by atoms with van der Waals surface area (Å²) in [6.07, 6.45) is 0.